The molecule has 1 aliphatic heterocycles. The lowest BCUT2D eigenvalue weighted by molar-refractivity contribution is 0.0606. The van der Waals surface area contributed by atoms with E-state index in [-0.39, 0.29) is 5.15 Å². The Labute approximate surface area is 134 Å². The second-order valence-electron chi connectivity index (χ2n) is 4.00. The van der Waals surface area contributed by atoms with Crippen molar-refractivity contribution in [3.8, 4) is 11.5 Å². The largest absolute Gasteiger partial charge is 0.486 e. The Morgan fingerprint density at radius 3 is 2.90 bits per heavy atom. The van der Waals surface area contributed by atoms with Gasteiger partial charge in [0.2, 0.25) is 0 Å². The number of aromatic nitrogens is 1. The monoisotopic (exact) mass is 343 g/mol. The van der Waals surface area contributed by atoms with E-state index in [1.807, 2.05) is 18.2 Å². The minimum Gasteiger partial charge on any atom is -0.486 e. The van der Waals surface area contributed by atoms with Crippen molar-refractivity contribution >= 4 is 40.7 Å². The van der Waals surface area contributed by atoms with Crippen molar-refractivity contribution in [3.05, 3.63) is 28.2 Å². The summed E-state index contributed by atoms with van der Waals surface area (Å²) in [5.74, 6) is 0.964. The number of hydrogen-bond donors (Lipinski definition) is 0. The second kappa shape index (κ2) is 6.13. The molecule has 0 spiro atoms. The minimum absolute atomic E-state index is 0.159. The van der Waals surface area contributed by atoms with Crippen LogP contribution in [0.15, 0.2) is 27.4 Å². The topological polar surface area (TPSA) is 57.7 Å². The van der Waals surface area contributed by atoms with Crippen molar-refractivity contribution in [3.63, 3.8) is 0 Å². The Morgan fingerprint density at radius 2 is 2.14 bits per heavy atom. The molecule has 2 heterocycles. The highest BCUT2D eigenvalue weighted by Crippen LogP contribution is 2.39. The summed E-state index contributed by atoms with van der Waals surface area (Å²) in [6.07, 6.45) is 0. The first-order valence-corrected chi connectivity index (χ1v) is 8.00. The first-order valence-electron chi connectivity index (χ1n) is 5.99. The Balaban J connectivity index is 1.82. The van der Waals surface area contributed by atoms with Crippen LogP contribution in [0.25, 0.3) is 0 Å². The number of carbonyl (C=O) groups is 1. The lowest BCUT2D eigenvalue weighted by Gasteiger charge is -2.18. The summed E-state index contributed by atoms with van der Waals surface area (Å²) in [4.78, 5) is 16.9. The van der Waals surface area contributed by atoms with Gasteiger partial charge in [-0.1, -0.05) is 34.7 Å². The van der Waals surface area contributed by atoms with Crippen molar-refractivity contribution in [2.75, 3.05) is 20.3 Å². The van der Waals surface area contributed by atoms with Crippen molar-refractivity contribution in [1.82, 2.24) is 4.98 Å². The molecular weight excluding hydrogens is 334 g/mol. The number of nitrogens with zero attached hydrogens (tertiary/aromatic N) is 1. The lowest BCUT2D eigenvalue weighted by atomic mass is 10.3. The molecule has 0 aliphatic carbocycles. The molecule has 5 nitrogen and oxygen atoms in total. The molecule has 0 bridgehead atoms. The molecule has 0 saturated heterocycles. The molecule has 0 N–H and O–H groups in total. The van der Waals surface area contributed by atoms with E-state index >= 15 is 0 Å². The quantitative estimate of drug-likeness (QED) is 0.795. The van der Waals surface area contributed by atoms with Crippen LogP contribution in [-0.4, -0.2) is 31.3 Å². The molecule has 1 aromatic heterocycles. The van der Waals surface area contributed by atoms with Crippen LogP contribution < -0.4 is 9.47 Å². The van der Waals surface area contributed by atoms with Crippen LogP contribution >= 0.6 is 34.7 Å². The predicted molar refractivity (Wildman–Crippen MR) is 80.0 cm³/mol. The summed E-state index contributed by atoms with van der Waals surface area (Å²) in [7, 11) is 1.31. The van der Waals surface area contributed by atoms with Crippen LogP contribution in [0.2, 0.25) is 5.15 Å². The maximum Gasteiger partial charge on any atom is 0.351 e. The van der Waals surface area contributed by atoms with Crippen LogP contribution in [0.1, 0.15) is 9.67 Å². The number of thiazole rings is 1. The lowest BCUT2D eigenvalue weighted by Crippen LogP contribution is -2.15. The molecule has 0 atom stereocenters. The van der Waals surface area contributed by atoms with Gasteiger partial charge in [-0.3, -0.25) is 0 Å². The third-order valence-electron chi connectivity index (χ3n) is 2.66. The Kier molecular flexibility index (Phi) is 4.23. The van der Waals surface area contributed by atoms with Gasteiger partial charge in [-0.15, -0.1) is 0 Å². The van der Waals surface area contributed by atoms with Crippen LogP contribution in [0.3, 0.4) is 0 Å². The molecule has 1 aromatic carbocycles. The maximum atomic E-state index is 11.5. The summed E-state index contributed by atoms with van der Waals surface area (Å²) >= 11 is 8.54. The summed E-state index contributed by atoms with van der Waals surface area (Å²) in [6, 6.07) is 5.64. The average Bonchev–Trinajstić information content (AvgIpc) is 2.87. The van der Waals surface area contributed by atoms with E-state index in [1.54, 1.807) is 0 Å². The predicted octanol–water partition coefficient (Wildman–Crippen LogP) is 3.51. The average molecular weight is 344 g/mol. The zero-order chi connectivity index (χ0) is 14.8. The van der Waals surface area contributed by atoms with Gasteiger partial charge in [-0.05, 0) is 18.2 Å². The summed E-state index contributed by atoms with van der Waals surface area (Å²) in [5.41, 5.74) is 0. The molecule has 1 aliphatic rings. The van der Waals surface area contributed by atoms with Gasteiger partial charge >= 0.3 is 5.97 Å². The van der Waals surface area contributed by atoms with Gasteiger partial charge in [-0.2, -0.15) is 0 Å². The summed E-state index contributed by atoms with van der Waals surface area (Å²) in [6.45, 7) is 1.10. The van der Waals surface area contributed by atoms with Crippen LogP contribution in [-0.2, 0) is 4.74 Å². The molecule has 0 amide bonds. The highest BCUT2D eigenvalue weighted by atomic mass is 35.5. The van der Waals surface area contributed by atoms with E-state index < -0.39 is 5.97 Å². The fraction of sp³-hybridized carbons (Fsp3) is 0.231. The molecule has 8 heteroatoms. The molecular formula is C13H10ClNO4S2. The van der Waals surface area contributed by atoms with E-state index in [2.05, 4.69) is 9.72 Å². The van der Waals surface area contributed by atoms with E-state index in [1.165, 1.54) is 30.2 Å². The number of halogens is 1. The van der Waals surface area contributed by atoms with Gasteiger partial charge in [0.15, 0.2) is 25.9 Å². The van der Waals surface area contributed by atoms with Crippen LogP contribution in [0, 0.1) is 0 Å². The smallest absolute Gasteiger partial charge is 0.351 e. The van der Waals surface area contributed by atoms with E-state index in [0.717, 1.165) is 10.6 Å². The second-order valence-corrected chi connectivity index (χ2v) is 6.68. The number of esters is 1. The van der Waals surface area contributed by atoms with Crippen molar-refractivity contribution in [1.29, 1.82) is 0 Å². The Morgan fingerprint density at radius 1 is 1.38 bits per heavy atom. The van der Waals surface area contributed by atoms with E-state index in [9.17, 15) is 4.79 Å². The maximum absolute atomic E-state index is 11.5. The fourth-order valence-electron chi connectivity index (χ4n) is 1.73. The number of ether oxygens (including phenoxy) is 3. The molecule has 3 rings (SSSR count). The van der Waals surface area contributed by atoms with Gasteiger partial charge < -0.3 is 14.2 Å². The molecule has 21 heavy (non-hydrogen) atoms. The number of hydrogen-bond acceptors (Lipinski definition) is 7. The first kappa shape index (κ1) is 14.5. The van der Waals surface area contributed by atoms with Gasteiger partial charge in [0.1, 0.15) is 13.2 Å². The zero-order valence-corrected chi connectivity index (χ0v) is 13.3. The van der Waals surface area contributed by atoms with E-state index in [4.69, 9.17) is 21.1 Å². The molecule has 110 valence electrons. The number of rotatable bonds is 3. The normalized spacial score (nSPS) is 13.0. The number of fused-ring (bicyclic) bond motifs is 1. The molecule has 0 unspecified atom stereocenters. The standard InChI is InChI=1S/C13H10ClNO4S2/c1-17-12(16)10-11(14)15-13(21-10)20-7-2-3-8-9(6-7)19-5-4-18-8/h2-3,6H,4-5H2,1H3. The number of carbonyl (C=O) groups excluding carboxylic acids is 1. The molecule has 0 saturated carbocycles. The van der Waals surface area contributed by atoms with E-state index in [0.29, 0.717) is 28.2 Å². The fourth-order valence-corrected chi connectivity index (χ4v) is 4.07. The van der Waals surface area contributed by atoms with Gasteiger partial charge in [-0.25, -0.2) is 9.78 Å². The van der Waals surface area contributed by atoms with Crippen molar-refractivity contribution < 1.29 is 19.0 Å². The third kappa shape index (κ3) is 3.09. The molecule has 2 aromatic rings. The minimum atomic E-state index is -0.480. The summed E-state index contributed by atoms with van der Waals surface area (Å²) < 4.78 is 16.3. The molecule has 0 radical (unpaired) electrons. The Bertz CT molecular complexity index is 689. The number of methoxy groups -OCH3 is 1. The van der Waals surface area contributed by atoms with Crippen LogP contribution in [0.4, 0.5) is 0 Å². The molecule has 0 fully saturated rings. The van der Waals surface area contributed by atoms with Gasteiger partial charge in [0.25, 0.3) is 0 Å². The van der Waals surface area contributed by atoms with Crippen molar-refractivity contribution in [2.45, 2.75) is 9.24 Å². The highest BCUT2D eigenvalue weighted by Gasteiger charge is 2.19. The highest BCUT2D eigenvalue weighted by molar-refractivity contribution is 8.01. The first-order chi connectivity index (χ1) is 10.2. The summed E-state index contributed by atoms with van der Waals surface area (Å²) in [5, 5.41) is 0.159. The van der Waals surface area contributed by atoms with Crippen molar-refractivity contribution in [2.24, 2.45) is 0 Å². The van der Waals surface area contributed by atoms with Crippen LogP contribution in [0.5, 0.6) is 11.5 Å². The third-order valence-corrected chi connectivity index (χ3v) is 5.13. The Hall–Kier alpha value is -1.44. The van der Waals surface area contributed by atoms with Gasteiger partial charge in [0, 0.05) is 4.90 Å². The number of benzene rings is 1. The SMILES string of the molecule is COC(=O)c1sc(Sc2ccc3c(c2)OCCO3)nc1Cl. The van der Waals surface area contributed by atoms with Gasteiger partial charge in [0.05, 0.1) is 7.11 Å². The zero-order valence-electron chi connectivity index (χ0n) is 10.9.